The normalized spacial score (nSPS) is 15.1. The molecule has 0 bridgehead atoms. The van der Waals surface area contributed by atoms with Crippen LogP contribution in [-0.2, 0) is 4.79 Å². The first-order valence-corrected chi connectivity index (χ1v) is 8.06. The third kappa shape index (κ3) is 6.75. The molecule has 1 fully saturated rings. The Hall–Kier alpha value is -1.33. The van der Waals surface area contributed by atoms with Crippen molar-refractivity contribution in [3.05, 3.63) is 30.1 Å². The summed E-state index contributed by atoms with van der Waals surface area (Å²) in [6.45, 7) is 6.17. The lowest BCUT2D eigenvalue weighted by Gasteiger charge is -2.32. The summed E-state index contributed by atoms with van der Waals surface area (Å²) in [6, 6.07) is 5.86. The van der Waals surface area contributed by atoms with Gasteiger partial charge in [-0.2, -0.15) is 0 Å². The Balaban J connectivity index is 0.00000264. The lowest BCUT2D eigenvalue weighted by atomic mass is 9.96. The van der Waals surface area contributed by atoms with Gasteiger partial charge in [0.25, 0.3) is 0 Å². The first kappa shape index (κ1) is 19.7. The monoisotopic (exact) mass is 344 g/mol. The number of rotatable bonds is 7. The average Bonchev–Trinajstić information content (AvgIpc) is 2.55. The molecule has 1 N–H and O–H groups in total. The molecule has 0 unspecified atom stereocenters. The second kappa shape index (κ2) is 10.4. The summed E-state index contributed by atoms with van der Waals surface area (Å²) in [5.41, 5.74) is 0. The van der Waals surface area contributed by atoms with Crippen molar-refractivity contribution in [2.45, 2.75) is 26.2 Å². The number of benzene rings is 1. The minimum atomic E-state index is -0.288. The average molecular weight is 345 g/mol. The first-order valence-electron chi connectivity index (χ1n) is 8.06. The maximum Gasteiger partial charge on any atom is 0.225 e. The van der Waals surface area contributed by atoms with Gasteiger partial charge in [0.15, 0.2) is 0 Å². The highest BCUT2D eigenvalue weighted by Gasteiger charge is 2.22. The lowest BCUT2D eigenvalue weighted by Crippen LogP contribution is -2.41. The molecule has 23 heavy (non-hydrogen) atoms. The molecule has 1 aliphatic rings. The Morgan fingerprint density at radius 2 is 1.96 bits per heavy atom. The lowest BCUT2D eigenvalue weighted by molar-refractivity contribution is -0.133. The molecule has 6 heteroatoms. The summed E-state index contributed by atoms with van der Waals surface area (Å²) in [6.07, 6.45) is 2.50. The maximum absolute atomic E-state index is 12.8. The Morgan fingerprint density at radius 1 is 1.30 bits per heavy atom. The van der Waals surface area contributed by atoms with E-state index in [1.807, 2.05) is 4.90 Å². The van der Waals surface area contributed by atoms with Gasteiger partial charge < -0.3 is 15.0 Å². The van der Waals surface area contributed by atoms with E-state index in [9.17, 15) is 9.18 Å². The largest absolute Gasteiger partial charge is 0.493 e. The number of carbonyl (C=O) groups excluding carboxylic acids is 1. The van der Waals surface area contributed by atoms with Crippen molar-refractivity contribution in [3.63, 3.8) is 0 Å². The number of nitrogens with one attached hydrogen (secondary N) is 1. The van der Waals surface area contributed by atoms with Crippen LogP contribution in [0.25, 0.3) is 0 Å². The van der Waals surface area contributed by atoms with Gasteiger partial charge in [-0.15, -0.1) is 12.4 Å². The van der Waals surface area contributed by atoms with E-state index in [0.717, 1.165) is 39.0 Å². The number of carbonyl (C=O) groups is 1. The van der Waals surface area contributed by atoms with Gasteiger partial charge in [0, 0.05) is 13.1 Å². The molecule has 1 aromatic carbocycles. The molecule has 1 saturated heterocycles. The molecular formula is C17H26ClFN2O2. The van der Waals surface area contributed by atoms with Crippen LogP contribution >= 0.6 is 12.4 Å². The highest BCUT2D eigenvalue weighted by Crippen LogP contribution is 2.17. The van der Waals surface area contributed by atoms with E-state index >= 15 is 0 Å². The molecule has 0 saturated carbocycles. The quantitative estimate of drug-likeness (QED) is 0.827. The molecule has 4 nitrogen and oxygen atoms in total. The maximum atomic E-state index is 12.8. The molecule has 0 aromatic heterocycles. The molecule has 0 aliphatic carbocycles. The van der Waals surface area contributed by atoms with Crippen molar-refractivity contribution in [3.8, 4) is 5.75 Å². The van der Waals surface area contributed by atoms with Gasteiger partial charge in [-0.1, -0.05) is 6.92 Å². The van der Waals surface area contributed by atoms with E-state index in [0.29, 0.717) is 24.7 Å². The van der Waals surface area contributed by atoms with Crippen LogP contribution in [0.1, 0.15) is 26.2 Å². The molecule has 2 rings (SSSR count). The van der Waals surface area contributed by atoms with Crippen LogP contribution < -0.4 is 10.1 Å². The standard InChI is InChI=1S/C17H25FN2O2.ClH/c1-2-19-13-14-7-10-20(11-8-14)17(21)9-12-22-16-5-3-15(18)4-6-16;/h3-6,14,19H,2,7-13H2,1H3;1H. The predicted octanol–water partition coefficient (Wildman–Crippen LogP) is 2.86. The highest BCUT2D eigenvalue weighted by molar-refractivity contribution is 5.85. The van der Waals surface area contributed by atoms with Gasteiger partial charge in [-0.05, 0) is 56.1 Å². The predicted molar refractivity (Wildman–Crippen MR) is 91.6 cm³/mol. The highest BCUT2D eigenvalue weighted by atomic mass is 35.5. The number of piperidine rings is 1. The number of hydrogen-bond donors (Lipinski definition) is 1. The topological polar surface area (TPSA) is 41.6 Å². The minimum absolute atomic E-state index is 0. The van der Waals surface area contributed by atoms with E-state index in [1.54, 1.807) is 12.1 Å². The number of nitrogens with zero attached hydrogens (tertiary/aromatic N) is 1. The van der Waals surface area contributed by atoms with Crippen molar-refractivity contribution in [1.29, 1.82) is 0 Å². The molecular weight excluding hydrogens is 319 g/mol. The third-order valence-corrected chi connectivity index (χ3v) is 4.05. The van der Waals surface area contributed by atoms with Gasteiger partial charge >= 0.3 is 0 Å². The zero-order valence-electron chi connectivity index (χ0n) is 13.6. The number of amides is 1. The Bertz CT molecular complexity index is 462. The summed E-state index contributed by atoms with van der Waals surface area (Å²) in [5.74, 6) is 1.13. The number of ether oxygens (including phenoxy) is 1. The van der Waals surface area contributed by atoms with Crippen LogP contribution in [0.5, 0.6) is 5.75 Å². The van der Waals surface area contributed by atoms with Crippen molar-refractivity contribution < 1.29 is 13.9 Å². The SMILES string of the molecule is CCNCC1CCN(C(=O)CCOc2ccc(F)cc2)CC1.Cl. The fourth-order valence-corrected chi connectivity index (χ4v) is 2.68. The fourth-order valence-electron chi connectivity index (χ4n) is 2.68. The van der Waals surface area contributed by atoms with Gasteiger partial charge in [0.2, 0.25) is 5.91 Å². The zero-order valence-corrected chi connectivity index (χ0v) is 14.4. The van der Waals surface area contributed by atoms with Crippen LogP contribution in [0, 0.1) is 11.7 Å². The molecule has 1 heterocycles. The molecule has 130 valence electrons. The van der Waals surface area contributed by atoms with Crippen LogP contribution in [-0.4, -0.2) is 43.6 Å². The summed E-state index contributed by atoms with van der Waals surface area (Å²) in [4.78, 5) is 14.1. The van der Waals surface area contributed by atoms with E-state index in [2.05, 4.69) is 12.2 Å². The van der Waals surface area contributed by atoms with Crippen molar-refractivity contribution in [2.75, 3.05) is 32.8 Å². The molecule has 1 aliphatic heterocycles. The van der Waals surface area contributed by atoms with Crippen molar-refractivity contribution >= 4 is 18.3 Å². The number of likely N-dealkylation sites (tertiary alicyclic amines) is 1. The Morgan fingerprint density at radius 3 is 2.57 bits per heavy atom. The summed E-state index contributed by atoms with van der Waals surface area (Å²) < 4.78 is 18.2. The smallest absolute Gasteiger partial charge is 0.225 e. The molecule has 1 aromatic rings. The van der Waals surface area contributed by atoms with Crippen LogP contribution in [0.2, 0.25) is 0 Å². The zero-order chi connectivity index (χ0) is 15.8. The second-order valence-corrected chi connectivity index (χ2v) is 5.68. The van der Waals surface area contributed by atoms with Gasteiger partial charge in [0.1, 0.15) is 11.6 Å². The Labute approximate surface area is 143 Å². The molecule has 0 atom stereocenters. The minimum Gasteiger partial charge on any atom is -0.493 e. The van der Waals surface area contributed by atoms with Crippen LogP contribution in [0.3, 0.4) is 0 Å². The van der Waals surface area contributed by atoms with Crippen LogP contribution in [0.15, 0.2) is 24.3 Å². The van der Waals surface area contributed by atoms with Crippen molar-refractivity contribution in [2.24, 2.45) is 5.92 Å². The third-order valence-electron chi connectivity index (χ3n) is 4.05. The molecule has 0 spiro atoms. The number of halogens is 2. The number of hydrogen-bond acceptors (Lipinski definition) is 3. The Kier molecular flexibility index (Phi) is 8.95. The van der Waals surface area contributed by atoms with Crippen LogP contribution in [0.4, 0.5) is 4.39 Å². The summed E-state index contributed by atoms with van der Waals surface area (Å²) in [5, 5.41) is 3.37. The first-order chi connectivity index (χ1) is 10.7. The molecule has 1 amide bonds. The van der Waals surface area contributed by atoms with Gasteiger partial charge in [-0.25, -0.2) is 4.39 Å². The van der Waals surface area contributed by atoms with E-state index in [1.165, 1.54) is 12.1 Å². The van der Waals surface area contributed by atoms with Gasteiger partial charge in [0.05, 0.1) is 13.0 Å². The van der Waals surface area contributed by atoms with E-state index in [4.69, 9.17) is 4.74 Å². The molecule has 0 radical (unpaired) electrons. The van der Waals surface area contributed by atoms with E-state index < -0.39 is 0 Å². The van der Waals surface area contributed by atoms with Crippen molar-refractivity contribution in [1.82, 2.24) is 10.2 Å². The summed E-state index contributed by atoms with van der Waals surface area (Å²) >= 11 is 0. The summed E-state index contributed by atoms with van der Waals surface area (Å²) in [7, 11) is 0. The van der Waals surface area contributed by atoms with Gasteiger partial charge in [-0.3, -0.25) is 4.79 Å². The van der Waals surface area contributed by atoms with E-state index in [-0.39, 0.29) is 24.1 Å². The second-order valence-electron chi connectivity index (χ2n) is 5.68. The fraction of sp³-hybridized carbons (Fsp3) is 0.588.